The summed E-state index contributed by atoms with van der Waals surface area (Å²) in [7, 11) is 0. The highest BCUT2D eigenvalue weighted by Crippen LogP contribution is 2.34. The number of rotatable bonds is 7. The lowest BCUT2D eigenvalue weighted by Gasteiger charge is -2.35. The minimum absolute atomic E-state index is 0.134. The Balaban J connectivity index is 1.17. The van der Waals surface area contributed by atoms with Crippen molar-refractivity contribution in [3.63, 3.8) is 0 Å². The van der Waals surface area contributed by atoms with Gasteiger partial charge in [-0.3, -0.25) is 14.3 Å². The molecule has 0 radical (unpaired) electrons. The zero-order chi connectivity index (χ0) is 30.0. The Bertz CT molecular complexity index is 1740. The molecule has 8 nitrogen and oxygen atoms in total. The van der Waals surface area contributed by atoms with Crippen molar-refractivity contribution in [3.05, 3.63) is 99.7 Å². The van der Waals surface area contributed by atoms with Gasteiger partial charge in [-0.1, -0.05) is 35.5 Å². The van der Waals surface area contributed by atoms with Crippen LogP contribution >= 0.6 is 34.7 Å². The van der Waals surface area contributed by atoms with Gasteiger partial charge in [0.15, 0.2) is 11.0 Å². The van der Waals surface area contributed by atoms with Crippen LogP contribution in [-0.4, -0.2) is 61.7 Å². The molecule has 0 spiro atoms. The maximum Gasteiger partial charge on any atom is 0.416 e. The molecule has 5 aromatic rings. The zero-order valence-corrected chi connectivity index (χ0v) is 24.8. The Kier molecular flexibility index (Phi) is 8.37. The number of alkyl halides is 3. The molecule has 1 fully saturated rings. The number of aromatic nitrogens is 5. The standard InChI is InChI=1S/C29H23ClF3N7OS2/c30-21-4-2-5-22(16-21)38-11-13-39(14-12-38)27(41)24-17-42-25(35-24)18-43-28-37-36-26(19-7-9-34-10-8-19)40(28)23-6-1-3-20(15-23)29(31,32)33/h1-10,15-17H,11-14,18H2. The number of carbonyl (C=O) groups excluding carboxylic acids is 1. The van der Waals surface area contributed by atoms with Gasteiger partial charge in [-0.05, 0) is 48.5 Å². The summed E-state index contributed by atoms with van der Waals surface area (Å²) in [6.07, 6.45) is -1.34. The van der Waals surface area contributed by atoms with Crippen LogP contribution in [-0.2, 0) is 11.9 Å². The Hall–Kier alpha value is -3.94. The summed E-state index contributed by atoms with van der Waals surface area (Å²) in [5, 5.41) is 12.1. The number of carbonyl (C=O) groups is 1. The Morgan fingerprint density at radius 3 is 2.44 bits per heavy atom. The van der Waals surface area contributed by atoms with Crippen molar-refractivity contribution in [2.75, 3.05) is 31.1 Å². The van der Waals surface area contributed by atoms with Crippen LogP contribution in [0.25, 0.3) is 17.1 Å². The minimum atomic E-state index is -4.50. The molecule has 1 aliphatic heterocycles. The molecule has 3 aromatic heterocycles. The molecule has 1 aliphatic rings. The van der Waals surface area contributed by atoms with E-state index >= 15 is 0 Å². The summed E-state index contributed by atoms with van der Waals surface area (Å²) in [5.41, 5.74) is 1.56. The summed E-state index contributed by atoms with van der Waals surface area (Å²) < 4.78 is 42.1. The maximum absolute atomic E-state index is 13.5. The van der Waals surface area contributed by atoms with Gasteiger partial charge < -0.3 is 9.80 Å². The number of pyridine rings is 1. The third-order valence-corrected chi connectivity index (χ3v) is 9.05. The van der Waals surface area contributed by atoms with E-state index in [2.05, 4.69) is 25.1 Å². The van der Waals surface area contributed by atoms with Crippen molar-refractivity contribution in [2.24, 2.45) is 0 Å². The van der Waals surface area contributed by atoms with E-state index in [1.54, 1.807) is 45.4 Å². The van der Waals surface area contributed by atoms with Crippen LogP contribution in [0.5, 0.6) is 0 Å². The van der Waals surface area contributed by atoms with Crippen LogP contribution in [0.15, 0.2) is 83.6 Å². The molecule has 1 amide bonds. The van der Waals surface area contributed by atoms with Crippen molar-refractivity contribution in [2.45, 2.75) is 17.1 Å². The van der Waals surface area contributed by atoms with E-state index in [0.29, 0.717) is 64.2 Å². The molecule has 0 atom stereocenters. The van der Waals surface area contributed by atoms with E-state index in [0.717, 1.165) is 17.8 Å². The van der Waals surface area contributed by atoms with Gasteiger partial charge in [-0.2, -0.15) is 13.2 Å². The highest BCUT2D eigenvalue weighted by Gasteiger charge is 2.31. The Morgan fingerprint density at radius 2 is 1.70 bits per heavy atom. The number of nitrogens with zero attached hydrogens (tertiary/aromatic N) is 7. The molecule has 0 saturated carbocycles. The van der Waals surface area contributed by atoms with Crippen LogP contribution in [0.2, 0.25) is 5.02 Å². The molecule has 6 rings (SSSR count). The third kappa shape index (κ3) is 6.53. The molecule has 2 aromatic carbocycles. The minimum Gasteiger partial charge on any atom is -0.368 e. The second kappa shape index (κ2) is 12.3. The first-order valence-corrected chi connectivity index (χ1v) is 15.4. The molecule has 0 bridgehead atoms. The van der Waals surface area contributed by atoms with Crippen molar-refractivity contribution < 1.29 is 18.0 Å². The Labute approximate surface area is 258 Å². The van der Waals surface area contributed by atoms with E-state index < -0.39 is 11.7 Å². The van der Waals surface area contributed by atoms with Gasteiger partial charge in [0.1, 0.15) is 10.7 Å². The normalized spacial score (nSPS) is 13.9. The molecule has 0 N–H and O–H groups in total. The molecule has 1 saturated heterocycles. The Morgan fingerprint density at radius 1 is 0.953 bits per heavy atom. The van der Waals surface area contributed by atoms with Crippen LogP contribution in [0, 0.1) is 0 Å². The average Bonchev–Trinajstić information content (AvgIpc) is 3.67. The number of thioether (sulfide) groups is 1. The zero-order valence-electron chi connectivity index (χ0n) is 22.4. The number of hydrogen-bond donors (Lipinski definition) is 0. The predicted octanol–water partition coefficient (Wildman–Crippen LogP) is 6.71. The third-order valence-electron chi connectivity index (χ3n) is 6.84. The SMILES string of the molecule is O=C(c1csc(CSc2nnc(-c3ccncc3)n2-c2cccc(C(F)(F)F)c2)n1)N1CCN(c2cccc(Cl)c2)CC1. The summed E-state index contributed by atoms with van der Waals surface area (Å²) in [4.78, 5) is 25.8. The monoisotopic (exact) mass is 641 g/mol. The van der Waals surface area contributed by atoms with Crippen LogP contribution in [0.4, 0.5) is 18.9 Å². The summed E-state index contributed by atoms with van der Waals surface area (Å²) in [5.74, 6) is 0.606. The van der Waals surface area contributed by atoms with Gasteiger partial charge in [-0.15, -0.1) is 21.5 Å². The van der Waals surface area contributed by atoms with E-state index in [1.165, 1.54) is 29.2 Å². The van der Waals surface area contributed by atoms with Gasteiger partial charge in [0.2, 0.25) is 0 Å². The van der Waals surface area contributed by atoms with E-state index in [9.17, 15) is 18.0 Å². The van der Waals surface area contributed by atoms with Gasteiger partial charge in [0.25, 0.3) is 5.91 Å². The second-order valence-electron chi connectivity index (χ2n) is 9.60. The lowest BCUT2D eigenvalue weighted by atomic mass is 10.2. The highest BCUT2D eigenvalue weighted by atomic mass is 35.5. The number of anilines is 1. The van der Waals surface area contributed by atoms with Crippen molar-refractivity contribution in [1.82, 2.24) is 29.6 Å². The summed E-state index contributed by atoms with van der Waals surface area (Å²) in [6, 6.07) is 16.1. The quantitative estimate of drug-likeness (QED) is 0.183. The molecule has 0 aliphatic carbocycles. The van der Waals surface area contributed by atoms with Crippen LogP contribution in [0.1, 0.15) is 21.1 Å². The van der Waals surface area contributed by atoms with Gasteiger partial charge >= 0.3 is 6.18 Å². The largest absolute Gasteiger partial charge is 0.416 e. The van der Waals surface area contributed by atoms with E-state index in [-0.39, 0.29) is 11.6 Å². The number of thiazole rings is 1. The summed E-state index contributed by atoms with van der Waals surface area (Å²) >= 11 is 8.76. The maximum atomic E-state index is 13.5. The van der Waals surface area contributed by atoms with Gasteiger partial charge in [0, 0.05) is 60.2 Å². The number of benzene rings is 2. The molecule has 4 heterocycles. The number of halogens is 4. The first-order valence-electron chi connectivity index (χ1n) is 13.2. The summed E-state index contributed by atoms with van der Waals surface area (Å²) in [6.45, 7) is 2.49. The average molecular weight is 642 g/mol. The predicted molar refractivity (Wildman–Crippen MR) is 161 cm³/mol. The second-order valence-corrected chi connectivity index (χ2v) is 11.9. The fourth-order valence-corrected chi connectivity index (χ4v) is 6.63. The fourth-order valence-electron chi connectivity index (χ4n) is 4.71. The van der Waals surface area contributed by atoms with Crippen molar-refractivity contribution in [1.29, 1.82) is 0 Å². The van der Waals surface area contributed by atoms with Gasteiger partial charge in [0.05, 0.1) is 17.0 Å². The van der Waals surface area contributed by atoms with E-state index in [4.69, 9.17) is 11.6 Å². The van der Waals surface area contributed by atoms with Crippen molar-refractivity contribution in [3.8, 4) is 17.1 Å². The van der Waals surface area contributed by atoms with Crippen LogP contribution in [0.3, 0.4) is 0 Å². The molecule has 0 unspecified atom stereocenters. The van der Waals surface area contributed by atoms with E-state index in [1.807, 2.05) is 24.3 Å². The van der Waals surface area contributed by atoms with Gasteiger partial charge in [-0.25, -0.2) is 4.98 Å². The van der Waals surface area contributed by atoms with Crippen LogP contribution < -0.4 is 4.90 Å². The van der Waals surface area contributed by atoms with Crippen molar-refractivity contribution >= 4 is 46.3 Å². The molecule has 43 heavy (non-hydrogen) atoms. The smallest absolute Gasteiger partial charge is 0.368 e. The lowest BCUT2D eigenvalue weighted by molar-refractivity contribution is -0.137. The topological polar surface area (TPSA) is 80.0 Å². The highest BCUT2D eigenvalue weighted by molar-refractivity contribution is 7.98. The molecular formula is C29H23ClF3N7OS2. The first kappa shape index (κ1) is 29.1. The number of piperazine rings is 1. The molecule has 220 valence electrons. The molecular weight excluding hydrogens is 619 g/mol. The number of amides is 1. The fraction of sp³-hybridized carbons (Fsp3) is 0.207. The molecule has 14 heteroatoms. The lowest BCUT2D eigenvalue weighted by Crippen LogP contribution is -2.48. The number of hydrogen-bond acceptors (Lipinski definition) is 8. The first-order chi connectivity index (χ1) is 20.8.